The van der Waals surface area contributed by atoms with Crippen molar-refractivity contribution in [2.75, 3.05) is 19.8 Å². The predicted molar refractivity (Wildman–Crippen MR) is 218 cm³/mol. The highest BCUT2D eigenvalue weighted by molar-refractivity contribution is 5.66. The minimum atomic E-state index is -1.71. The maximum atomic E-state index is 12.2. The van der Waals surface area contributed by atoms with Gasteiger partial charge in [0.1, 0.15) is 54.9 Å². The Morgan fingerprint density at radius 1 is 0.794 bits per heavy atom. The minimum absolute atomic E-state index is 0.0349. The molecule has 0 amide bonds. The summed E-state index contributed by atoms with van der Waals surface area (Å²) in [5.74, 6) is 1.79. The number of carbonyl (C=O) groups excluding carboxylic acids is 1. The zero-order chi connectivity index (χ0) is 44.9. The summed E-state index contributed by atoms with van der Waals surface area (Å²) in [6.07, 6.45) is -9.54. The van der Waals surface area contributed by atoms with Gasteiger partial charge in [-0.3, -0.25) is 4.79 Å². The standard InChI is InChI=1S/C46H72O17/c1-20-9-14-46(56-18-20)21(2)32-30(63-46)16-28-26-8-7-24-15-25(10-12-44(24,5)27(26)11-13-45(28,32)6)59-43-40(62-42-39(58-23(4)48)35(52)33(50)22(3)57-42)37(54)38(31(17-47)60-43)61-41-36(53)34(51)29(49)19-55-41/h7,20-22,25-43,47,49-54H,8-19H2,1-6H3/t20-,21+,22+,25+,26-,27+,28+,29-,30+,31-,32+,33+,34+,35-,36-,37+,38-,39-,40-,41+,42+,43-,44+,45+,46-/m1/s1. The summed E-state index contributed by atoms with van der Waals surface area (Å²) >= 11 is 0. The Morgan fingerprint density at radius 3 is 2.25 bits per heavy atom. The van der Waals surface area contributed by atoms with Crippen molar-refractivity contribution in [3.63, 3.8) is 0 Å². The van der Waals surface area contributed by atoms with Crippen molar-refractivity contribution in [1.29, 1.82) is 0 Å². The van der Waals surface area contributed by atoms with E-state index in [0.29, 0.717) is 48.3 Å². The van der Waals surface area contributed by atoms with E-state index in [-0.39, 0.29) is 29.6 Å². The van der Waals surface area contributed by atoms with E-state index >= 15 is 0 Å². The second kappa shape index (κ2) is 17.6. The third-order valence-electron chi connectivity index (χ3n) is 17.6. The van der Waals surface area contributed by atoms with Crippen LogP contribution in [-0.2, 0) is 47.4 Å². The second-order valence-electron chi connectivity index (χ2n) is 21.2. The largest absolute Gasteiger partial charge is 0.454 e. The number of esters is 1. The molecule has 4 aliphatic carbocycles. The van der Waals surface area contributed by atoms with Crippen molar-refractivity contribution >= 4 is 5.97 Å². The van der Waals surface area contributed by atoms with Crippen LogP contribution in [0, 0.1) is 46.3 Å². The molecule has 25 atom stereocenters. The average molecular weight is 897 g/mol. The number of fused-ring (bicyclic) bond motifs is 7. The van der Waals surface area contributed by atoms with Crippen molar-refractivity contribution in [2.24, 2.45) is 46.3 Å². The zero-order valence-electron chi connectivity index (χ0n) is 37.5. The van der Waals surface area contributed by atoms with Gasteiger partial charge in [-0.1, -0.05) is 39.3 Å². The SMILES string of the molecule is CC(=O)O[C@H]1[C@H](O[C@H]2[C@H](O[C@H]3CC[C@@]4(C)C(=CC[C@H]5[C@@H]6C[C@@H]7O[C@]8(CC[C@@H](C)CO8)[C@@H](C)[C@@H]7[C@@]6(C)CC[C@@H]54)C3)O[C@H](CO)[C@@H](O[C@@H]3OC[C@@H](O)[C@H](O)[C@H]3O)[C@@H]2O)O[C@@H](C)[C@H](O)[C@H]1O. The summed E-state index contributed by atoms with van der Waals surface area (Å²) in [5.41, 5.74) is 1.49. The number of hydrogen-bond donors (Lipinski definition) is 7. The van der Waals surface area contributed by atoms with Crippen LogP contribution in [0.5, 0.6) is 0 Å². The number of ether oxygens (including phenoxy) is 9. The highest BCUT2D eigenvalue weighted by atomic mass is 16.8. The van der Waals surface area contributed by atoms with Crippen LogP contribution in [0.1, 0.15) is 99.3 Å². The number of hydrogen-bond acceptors (Lipinski definition) is 17. The summed E-state index contributed by atoms with van der Waals surface area (Å²) in [4.78, 5) is 12.2. The lowest BCUT2D eigenvalue weighted by molar-refractivity contribution is -0.386. The summed E-state index contributed by atoms with van der Waals surface area (Å²) in [7, 11) is 0. The van der Waals surface area contributed by atoms with Gasteiger partial charge >= 0.3 is 5.97 Å². The fraction of sp³-hybridized carbons (Fsp3) is 0.935. The molecule has 358 valence electrons. The smallest absolute Gasteiger partial charge is 0.303 e. The van der Waals surface area contributed by atoms with Crippen molar-refractivity contribution in [3.8, 4) is 0 Å². The molecule has 0 aromatic rings. The van der Waals surface area contributed by atoms with Gasteiger partial charge in [-0.15, -0.1) is 0 Å². The molecule has 5 heterocycles. The Labute approximate surface area is 369 Å². The van der Waals surface area contributed by atoms with E-state index in [1.807, 2.05) is 0 Å². The lowest BCUT2D eigenvalue weighted by Gasteiger charge is -2.58. The van der Waals surface area contributed by atoms with Crippen molar-refractivity contribution in [2.45, 2.75) is 203 Å². The Hall–Kier alpha value is -1.39. The Kier molecular flexibility index (Phi) is 13.1. The molecule has 0 bridgehead atoms. The van der Waals surface area contributed by atoms with Crippen LogP contribution in [0.15, 0.2) is 11.6 Å². The van der Waals surface area contributed by atoms with E-state index in [2.05, 4.69) is 33.8 Å². The quantitative estimate of drug-likeness (QED) is 0.135. The summed E-state index contributed by atoms with van der Waals surface area (Å²) in [6.45, 7) is 12.0. The predicted octanol–water partition coefficient (Wildman–Crippen LogP) is 1.42. The average Bonchev–Trinajstić information content (AvgIpc) is 3.70. The molecule has 9 aliphatic rings. The number of carbonyl (C=O) groups is 1. The highest BCUT2D eigenvalue weighted by Crippen LogP contribution is 2.70. The van der Waals surface area contributed by atoms with Crippen LogP contribution in [0.25, 0.3) is 0 Å². The normalized spacial score (nSPS) is 55.6. The van der Waals surface area contributed by atoms with Crippen LogP contribution in [0.3, 0.4) is 0 Å². The van der Waals surface area contributed by atoms with Crippen LogP contribution in [0.4, 0.5) is 0 Å². The lowest BCUT2D eigenvalue weighted by atomic mass is 9.47. The first kappa shape index (κ1) is 46.7. The molecule has 0 aromatic carbocycles. The van der Waals surface area contributed by atoms with Gasteiger partial charge in [0.05, 0.1) is 38.1 Å². The van der Waals surface area contributed by atoms with Crippen LogP contribution < -0.4 is 0 Å². The van der Waals surface area contributed by atoms with Crippen molar-refractivity contribution < 1.29 is 83.2 Å². The second-order valence-corrected chi connectivity index (χ2v) is 21.2. The highest BCUT2D eigenvalue weighted by Gasteiger charge is 2.69. The van der Waals surface area contributed by atoms with Crippen LogP contribution >= 0.6 is 0 Å². The van der Waals surface area contributed by atoms with Crippen molar-refractivity contribution in [3.05, 3.63) is 11.6 Å². The Balaban J connectivity index is 0.930. The van der Waals surface area contributed by atoms with Crippen LogP contribution in [0.2, 0.25) is 0 Å². The fourth-order valence-corrected chi connectivity index (χ4v) is 14.1. The summed E-state index contributed by atoms with van der Waals surface area (Å²) in [6, 6.07) is 0. The first-order chi connectivity index (χ1) is 29.9. The third kappa shape index (κ3) is 7.97. The molecule has 0 aromatic heterocycles. The molecular formula is C46H72O17. The molecule has 17 heteroatoms. The lowest BCUT2D eigenvalue weighted by Crippen LogP contribution is -2.66. The Morgan fingerprint density at radius 2 is 1.54 bits per heavy atom. The number of rotatable bonds is 8. The molecule has 7 N–H and O–H groups in total. The molecule has 3 saturated carbocycles. The minimum Gasteiger partial charge on any atom is -0.454 e. The molecule has 8 fully saturated rings. The molecule has 0 radical (unpaired) electrons. The van der Waals surface area contributed by atoms with Gasteiger partial charge in [-0.25, -0.2) is 0 Å². The Bertz CT molecular complexity index is 1670. The van der Waals surface area contributed by atoms with E-state index in [1.165, 1.54) is 12.5 Å². The topological polar surface area (TPSA) is 242 Å². The molecule has 0 unspecified atom stereocenters. The molecule has 17 nitrogen and oxygen atoms in total. The summed E-state index contributed by atoms with van der Waals surface area (Å²) in [5, 5.41) is 75.3. The van der Waals surface area contributed by atoms with E-state index in [9.17, 15) is 40.5 Å². The molecule has 5 aliphatic heterocycles. The van der Waals surface area contributed by atoms with E-state index in [1.54, 1.807) is 0 Å². The van der Waals surface area contributed by atoms with Crippen LogP contribution in [-0.4, -0.2) is 166 Å². The fourth-order valence-electron chi connectivity index (χ4n) is 14.1. The maximum absolute atomic E-state index is 12.2. The molecule has 9 rings (SSSR count). The number of aliphatic hydroxyl groups excluding tert-OH is 7. The molecule has 5 saturated heterocycles. The number of allylic oxidation sites excluding steroid dienone is 1. The zero-order valence-corrected chi connectivity index (χ0v) is 37.5. The van der Waals surface area contributed by atoms with Gasteiger partial charge in [-0.05, 0) is 98.7 Å². The maximum Gasteiger partial charge on any atom is 0.303 e. The van der Waals surface area contributed by atoms with Gasteiger partial charge in [0.15, 0.2) is 30.8 Å². The van der Waals surface area contributed by atoms with E-state index in [4.69, 9.17) is 42.6 Å². The van der Waals surface area contributed by atoms with Gasteiger partial charge in [0.25, 0.3) is 0 Å². The monoisotopic (exact) mass is 896 g/mol. The first-order valence-corrected chi connectivity index (χ1v) is 23.7. The summed E-state index contributed by atoms with van der Waals surface area (Å²) < 4.78 is 55.7. The van der Waals surface area contributed by atoms with Gasteiger partial charge in [0.2, 0.25) is 0 Å². The van der Waals surface area contributed by atoms with Crippen molar-refractivity contribution in [1.82, 2.24) is 0 Å². The van der Waals surface area contributed by atoms with E-state index in [0.717, 1.165) is 58.5 Å². The van der Waals surface area contributed by atoms with E-state index < -0.39 is 104 Å². The molecule has 63 heavy (non-hydrogen) atoms. The van der Waals surface area contributed by atoms with Gasteiger partial charge < -0.3 is 78.4 Å². The van der Waals surface area contributed by atoms with Gasteiger partial charge in [-0.2, -0.15) is 0 Å². The van der Waals surface area contributed by atoms with Gasteiger partial charge in [0, 0.05) is 19.3 Å². The third-order valence-corrected chi connectivity index (χ3v) is 17.6. The molecule has 1 spiro atoms. The molecular weight excluding hydrogens is 824 g/mol. The first-order valence-electron chi connectivity index (χ1n) is 23.7. The number of aliphatic hydroxyl groups is 7.